The van der Waals surface area contributed by atoms with Crippen LogP contribution in [0, 0.1) is 0 Å². The molecular weight excluding hydrogens is 911 g/mol. The predicted molar refractivity (Wildman–Crippen MR) is 293 cm³/mol. The smallest absolute Gasteiger partial charge is 0.305 e. The summed E-state index contributed by atoms with van der Waals surface area (Å²) in [5.74, 6) is -0.463. The van der Waals surface area contributed by atoms with Crippen molar-refractivity contribution in [3.63, 3.8) is 0 Å². The lowest BCUT2D eigenvalue weighted by atomic mass is 10.1. The highest BCUT2D eigenvalue weighted by molar-refractivity contribution is 5.80. The summed E-state index contributed by atoms with van der Waals surface area (Å²) in [5.41, 5.74) is 0. The van der Waals surface area contributed by atoms with Gasteiger partial charge in [-0.25, -0.2) is 0 Å². The molecule has 1 amide bonds. The normalized spacial score (nSPS) is 14.4. The molecule has 0 bridgehead atoms. The van der Waals surface area contributed by atoms with E-state index < -0.39 is 6.35 Å². The SMILES string of the molecule is CC/C=C\CCCCOC(CCC(=O)OCCCCCCCN(CCCCCCCOC(=O)CCC(OCCCC/C=C\CC)OCCCC/C=C\CC)CCN1C(=O)CNC1O)OCCCC/C=C\CC. The number of nitrogens with zero attached hydrogens (tertiary/aromatic N) is 2. The van der Waals surface area contributed by atoms with Crippen molar-refractivity contribution in [2.24, 2.45) is 0 Å². The van der Waals surface area contributed by atoms with Gasteiger partial charge in [0.1, 0.15) is 0 Å². The van der Waals surface area contributed by atoms with Crippen LogP contribution in [0.3, 0.4) is 0 Å². The molecule has 1 aliphatic rings. The van der Waals surface area contributed by atoms with Crippen molar-refractivity contribution < 1.29 is 47.9 Å². The van der Waals surface area contributed by atoms with Crippen LogP contribution in [-0.4, -0.2) is 124 Å². The number of carbonyl (C=O) groups excluding carboxylic acids is 3. The van der Waals surface area contributed by atoms with Gasteiger partial charge in [-0.2, -0.15) is 0 Å². The molecule has 13 heteroatoms. The molecule has 1 rings (SSSR count). The van der Waals surface area contributed by atoms with E-state index in [0.717, 1.165) is 180 Å². The summed E-state index contributed by atoms with van der Waals surface area (Å²) in [6, 6.07) is 0. The van der Waals surface area contributed by atoms with Crippen LogP contribution in [-0.2, 0) is 42.8 Å². The maximum atomic E-state index is 12.6. The first-order chi connectivity index (χ1) is 35.3. The molecule has 1 aliphatic heterocycles. The zero-order valence-corrected chi connectivity index (χ0v) is 46.4. The lowest BCUT2D eigenvalue weighted by molar-refractivity contribution is -0.159. The van der Waals surface area contributed by atoms with Gasteiger partial charge in [0, 0.05) is 52.4 Å². The number of rotatable bonds is 53. The number of ether oxygens (including phenoxy) is 6. The van der Waals surface area contributed by atoms with Crippen molar-refractivity contribution in [2.75, 3.05) is 72.4 Å². The van der Waals surface area contributed by atoms with Crippen molar-refractivity contribution >= 4 is 17.8 Å². The number of hydrogen-bond acceptors (Lipinski definition) is 12. The molecule has 418 valence electrons. The molecule has 1 atom stereocenters. The Morgan fingerprint density at radius 2 is 0.861 bits per heavy atom. The quantitative estimate of drug-likeness (QED) is 0.0259. The van der Waals surface area contributed by atoms with Gasteiger partial charge in [0.25, 0.3) is 0 Å². The third kappa shape index (κ3) is 42.4. The highest BCUT2D eigenvalue weighted by Crippen LogP contribution is 2.14. The van der Waals surface area contributed by atoms with Gasteiger partial charge >= 0.3 is 11.9 Å². The van der Waals surface area contributed by atoms with E-state index in [0.29, 0.717) is 65.6 Å². The van der Waals surface area contributed by atoms with E-state index in [-0.39, 0.29) is 49.8 Å². The Labute approximate surface area is 439 Å². The molecule has 72 heavy (non-hydrogen) atoms. The molecule has 0 radical (unpaired) electrons. The van der Waals surface area contributed by atoms with Crippen LogP contribution in [0.15, 0.2) is 48.6 Å². The molecular formula is C59H107N3O10. The zero-order chi connectivity index (χ0) is 52.2. The van der Waals surface area contributed by atoms with E-state index in [1.54, 1.807) is 0 Å². The molecule has 1 heterocycles. The molecule has 0 saturated carbocycles. The minimum absolute atomic E-state index is 0.0713. The van der Waals surface area contributed by atoms with E-state index in [9.17, 15) is 19.5 Å². The third-order valence-corrected chi connectivity index (χ3v) is 12.5. The van der Waals surface area contributed by atoms with Crippen LogP contribution in [0.5, 0.6) is 0 Å². The van der Waals surface area contributed by atoms with E-state index in [1.807, 2.05) is 0 Å². The fourth-order valence-electron chi connectivity index (χ4n) is 8.17. The van der Waals surface area contributed by atoms with Crippen LogP contribution in [0.4, 0.5) is 0 Å². The monoisotopic (exact) mass is 1020 g/mol. The number of esters is 2. The van der Waals surface area contributed by atoms with Gasteiger partial charge in [-0.05, 0) is 142 Å². The van der Waals surface area contributed by atoms with Gasteiger partial charge in [-0.1, -0.05) is 115 Å². The van der Waals surface area contributed by atoms with E-state index >= 15 is 0 Å². The van der Waals surface area contributed by atoms with Gasteiger partial charge in [0.2, 0.25) is 5.91 Å². The summed E-state index contributed by atoms with van der Waals surface area (Å²) >= 11 is 0. The number of unbranched alkanes of at least 4 members (excludes halogenated alkanes) is 16. The number of nitrogens with one attached hydrogen (secondary N) is 1. The van der Waals surface area contributed by atoms with Crippen LogP contribution >= 0.6 is 0 Å². The average Bonchev–Trinajstić information content (AvgIpc) is 3.70. The highest BCUT2D eigenvalue weighted by Gasteiger charge is 2.28. The second-order valence-electron chi connectivity index (χ2n) is 19.1. The average molecular weight is 1020 g/mol. The first-order valence-electron chi connectivity index (χ1n) is 29.1. The highest BCUT2D eigenvalue weighted by atomic mass is 16.7. The van der Waals surface area contributed by atoms with Crippen molar-refractivity contribution in [1.29, 1.82) is 0 Å². The molecule has 0 aromatic rings. The lowest BCUT2D eigenvalue weighted by Gasteiger charge is -2.26. The Hall–Kier alpha value is -2.91. The van der Waals surface area contributed by atoms with Gasteiger partial charge in [0.15, 0.2) is 18.9 Å². The van der Waals surface area contributed by atoms with Crippen LogP contribution in [0.25, 0.3) is 0 Å². The molecule has 1 fully saturated rings. The standard InChI is InChI=1S/C59H107N3O10/c1-5-9-13-17-25-35-49-69-57(70-50-36-26-18-14-10-6-2)41-39-55(64)67-47-33-29-21-23-31-43-61(45-46-62-54(63)53-60-59(62)66)44-32-24-22-30-34-48-68-56(65)40-42-58(71-51-37-27-19-15-11-7-3)72-52-38-28-20-16-12-8-4/h9-16,57-60,66H,5-8,17-53H2,1-4H3/b13-9-,14-10-,15-11-,16-12-. The number of carbonyl (C=O) groups is 3. The van der Waals surface area contributed by atoms with E-state index in [4.69, 9.17) is 28.4 Å². The summed E-state index contributed by atoms with van der Waals surface area (Å²) < 4.78 is 35.4. The number of allylic oxidation sites excluding steroid dienone is 8. The summed E-state index contributed by atoms with van der Waals surface area (Å²) in [7, 11) is 0. The molecule has 1 unspecified atom stereocenters. The fourth-order valence-corrected chi connectivity index (χ4v) is 8.17. The van der Waals surface area contributed by atoms with Crippen molar-refractivity contribution in [2.45, 2.75) is 239 Å². The van der Waals surface area contributed by atoms with E-state index in [2.05, 4.69) is 86.5 Å². The Bertz CT molecular complexity index is 1240. The first kappa shape index (κ1) is 67.1. The predicted octanol–water partition coefficient (Wildman–Crippen LogP) is 12.8. The number of aliphatic hydroxyl groups excluding tert-OH is 1. The van der Waals surface area contributed by atoms with Gasteiger partial charge < -0.3 is 43.3 Å². The van der Waals surface area contributed by atoms with Crippen molar-refractivity contribution in [3.05, 3.63) is 48.6 Å². The minimum atomic E-state index is -0.921. The van der Waals surface area contributed by atoms with Crippen molar-refractivity contribution in [1.82, 2.24) is 15.1 Å². The van der Waals surface area contributed by atoms with Crippen LogP contribution in [0.1, 0.15) is 220 Å². The second kappa shape index (κ2) is 51.6. The molecule has 0 aromatic carbocycles. The summed E-state index contributed by atoms with van der Waals surface area (Å²) in [4.78, 5) is 41.5. The van der Waals surface area contributed by atoms with Gasteiger partial charge in [0.05, 0.1) is 32.6 Å². The number of amides is 1. The Balaban J connectivity index is 2.37. The summed E-state index contributed by atoms with van der Waals surface area (Å²) in [6.45, 7) is 15.2. The molecule has 13 nitrogen and oxygen atoms in total. The topological polar surface area (TPSA) is 145 Å². The van der Waals surface area contributed by atoms with Gasteiger partial charge in [-0.15, -0.1) is 0 Å². The Morgan fingerprint density at radius 1 is 0.514 bits per heavy atom. The third-order valence-electron chi connectivity index (χ3n) is 12.5. The molecule has 1 saturated heterocycles. The van der Waals surface area contributed by atoms with Crippen LogP contribution in [0.2, 0.25) is 0 Å². The van der Waals surface area contributed by atoms with Crippen LogP contribution < -0.4 is 5.32 Å². The minimum Gasteiger partial charge on any atom is -0.466 e. The fraction of sp³-hybridized carbons (Fsp3) is 0.814. The maximum Gasteiger partial charge on any atom is 0.305 e. The largest absolute Gasteiger partial charge is 0.466 e. The first-order valence-corrected chi connectivity index (χ1v) is 29.1. The number of aliphatic hydroxyl groups is 1. The van der Waals surface area contributed by atoms with E-state index in [1.165, 1.54) is 4.90 Å². The Morgan fingerprint density at radius 3 is 1.21 bits per heavy atom. The number of hydrogen-bond donors (Lipinski definition) is 2. The summed E-state index contributed by atoms with van der Waals surface area (Å²) in [6.07, 6.45) is 44.3. The lowest BCUT2D eigenvalue weighted by Crippen LogP contribution is -2.42. The molecule has 0 aromatic heterocycles. The molecule has 0 spiro atoms. The molecule has 2 N–H and O–H groups in total. The second-order valence-corrected chi connectivity index (χ2v) is 19.1. The molecule has 0 aliphatic carbocycles. The van der Waals surface area contributed by atoms with Gasteiger partial charge in [-0.3, -0.25) is 19.7 Å². The zero-order valence-electron chi connectivity index (χ0n) is 46.4. The summed E-state index contributed by atoms with van der Waals surface area (Å²) in [5, 5.41) is 13.1. The maximum absolute atomic E-state index is 12.6. The van der Waals surface area contributed by atoms with Crippen molar-refractivity contribution in [3.8, 4) is 0 Å². The Kier molecular flexibility index (Phi) is 48.1.